The first-order chi connectivity index (χ1) is 10.2. The normalized spacial score (nSPS) is 18.2. The van der Waals surface area contributed by atoms with E-state index in [1.807, 2.05) is 23.7 Å². The number of hydrogen-bond acceptors (Lipinski definition) is 3. The molecule has 0 saturated carbocycles. The number of likely N-dealkylation sites (tertiary alicyclic amines) is 1. The maximum absolute atomic E-state index is 12.1. The molecule has 1 fully saturated rings. The van der Waals surface area contributed by atoms with E-state index in [-0.39, 0.29) is 0 Å². The summed E-state index contributed by atoms with van der Waals surface area (Å²) in [5.41, 5.74) is 0. The molecule has 2 rings (SSSR count). The third-order valence-corrected chi connectivity index (χ3v) is 5.38. The van der Waals surface area contributed by atoms with Crippen molar-refractivity contribution in [2.75, 3.05) is 32.4 Å². The minimum Gasteiger partial charge on any atom is -0.342 e. The fourth-order valence-electron chi connectivity index (χ4n) is 2.62. The molecule has 0 aromatic heterocycles. The summed E-state index contributed by atoms with van der Waals surface area (Å²) in [4.78, 5) is 15.4. The van der Waals surface area contributed by atoms with Gasteiger partial charge < -0.3 is 10.2 Å². The third-order valence-electron chi connectivity index (χ3n) is 3.75. The van der Waals surface area contributed by atoms with Crippen molar-refractivity contribution in [3.63, 3.8) is 0 Å². The van der Waals surface area contributed by atoms with Gasteiger partial charge in [-0.25, -0.2) is 0 Å². The van der Waals surface area contributed by atoms with Crippen LogP contribution in [0.3, 0.4) is 0 Å². The molecular formula is C16H23BrN2OS. The van der Waals surface area contributed by atoms with Crippen LogP contribution >= 0.6 is 27.7 Å². The zero-order valence-electron chi connectivity index (χ0n) is 12.5. The quantitative estimate of drug-likeness (QED) is 0.589. The van der Waals surface area contributed by atoms with Gasteiger partial charge in [-0.15, -0.1) is 11.8 Å². The number of carbonyl (C=O) groups is 1. The van der Waals surface area contributed by atoms with E-state index < -0.39 is 0 Å². The maximum Gasteiger partial charge on any atom is 0.222 e. The number of halogens is 1. The Kier molecular flexibility index (Phi) is 7.07. The highest BCUT2D eigenvalue weighted by atomic mass is 79.9. The van der Waals surface area contributed by atoms with Gasteiger partial charge in [-0.1, -0.05) is 15.9 Å². The van der Waals surface area contributed by atoms with Crippen molar-refractivity contribution >= 4 is 33.6 Å². The van der Waals surface area contributed by atoms with E-state index in [4.69, 9.17) is 0 Å². The number of amides is 1. The lowest BCUT2D eigenvalue weighted by molar-refractivity contribution is -0.130. The molecule has 5 heteroatoms. The molecule has 1 unspecified atom stereocenters. The Balaban J connectivity index is 1.62. The number of nitrogens with zero attached hydrogens (tertiary/aromatic N) is 1. The Morgan fingerprint density at radius 3 is 2.90 bits per heavy atom. The molecule has 1 heterocycles. The van der Waals surface area contributed by atoms with Gasteiger partial charge >= 0.3 is 0 Å². The minimum atomic E-state index is 0.324. The van der Waals surface area contributed by atoms with Crippen LogP contribution in [0.2, 0.25) is 0 Å². The first kappa shape index (κ1) is 16.8. The van der Waals surface area contributed by atoms with Crippen molar-refractivity contribution in [2.45, 2.75) is 24.2 Å². The van der Waals surface area contributed by atoms with E-state index >= 15 is 0 Å². The molecule has 116 valence electrons. The smallest absolute Gasteiger partial charge is 0.222 e. The van der Waals surface area contributed by atoms with Gasteiger partial charge in [0.25, 0.3) is 0 Å². The fourth-order valence-corrected chi connectivity index (χ4v) is 3.73. The molecule has 1 aliphatic rings. The van der Waals surface area contributed by atoms with Crippen LogP contribution in [0.15, 0.2) is 33.6 Å². The summed E-state index contributed by atoms with van der Waals surface area (Å²) in [7, 11) is 1.98. The molecule has 0 radical (unpaired) electrons. The van der Waals surface area contributed by atoms with Crippen molar-refractivity contribution in [2.24, 2.45) is 5.92 Å². The van der Waals surface area contributed by atoms with Gasteiger partial charge in [-0.2, -0.15) is 0 Å². The lowest BCUT2D eigenvalue weighted by atomic mass is 10.1. The Labute approximate surface area is 140 Å². The van der Waals surface area contributed by atoms with Crippen LogP contribution in [0.4, 0.5) is 0 Å². The van der Waals surface area contributed by atoms with Gasteiger partial charge in [0.15, 0.2) is 0 Å². The minimum absolute atomic E-state index is 0.324. The number of rotatable bonds is 7. The molecule has 3 nitrogen and oxygen atoms in total. The average Bonchev–Trinajstić information content (AvgIpc) is 2.94. The Morgan fingerprint density at radius 1 is 1.43 bits per heavy atom. The van der Waals surface area contributed by atoms with E-state index in [2.05, 4.69) is 45.5 Å². The highest BCUT2D eigenvalue weighted by molar-refractivity contribution is 9.10. The number of carbonyl (C=O) groups excluding carboxylic acids is 1. The van der Waals surface area contributed by atoms with Crippen LogP contribution < -0.4 is 5.32 Å². The molecule has 1 amide bonds. The first-order valence-electron chi connectivity index (χ1n) is 7.50. The summed E-state index contributed by atoms with van der Waals surface area (Å²) in [5, 5.41) is 3.20. The second-order valence-corrected chi connectivity index (χ2v) is 7.54. The average molecular weight is 371 g/mol. The molecular weight excluding hydrogens is 348 g/mol. The third kappa shape index (κ3) is 5.64. The number of benzene rings is 1. The van der Waals surface area contributed by atoms with Crippen LogP contribution in [0, 0.1) is 5.92 Å². The monoisotopic (exact) mass is 370 g/mol. The van der Waals surface area contributed by atoms with Crippen molar-refractivity contribution < 1.29 is 4.79 Å². The van der Waals surface area contributed by atoms with Crippen LogP contribution in [0.5, 0.6) is 0 Å². The van der Waals surface area contributed by atoms with Gasteiger partial charge in [0.05, 0.1) is 0 Å². The summed E-state index contributed by atoms with van der Waals surface area (Å²) in [5.74, 6) is 1.96. The summed E-state index contributed by atoms with van der Waals surface area (Å²) < 4.78 is 1.10. The Bertz CT molecular complexity index is 452. The first-order valence-corrected chi connectivity index (χ1v) is 9.27. The summed E-state index contributed by atoms with van der Waals surface area (Å²) in [6, 6.07) is 8.33. The number of hydrogen-bond donors (Lipinski definition) is 1. The molecule has 1 aliphatic heterocycles. The predicted molar refractivity (Wildman–Crippen MR) is 92.7 cm³/mol. The topological polar surface area (TPSA) is 32.3 Å². The second-order valence-electron chi connectivity index (χ2n) is 5.46. The summed E-state index contributed by atoms with van der Waals surface area (Å²) in [6.45, 7) is 2.88. The van der Waals surface area contributed by atoms with E-state index in [0.717, 1.165) is 42.7 Å². The largest absolute Gasteiger partial charge is 0.342 e. The van der Waals surface area contributed by atoms with E-state index in [0.29, 0.717) is 18.2 Å². The van der Waals surface area contributed by atoms with Crippen LogP contribution in [0.25, 0.3) is 0 Å². The van der Waals surface area contributed by atoms with Crippen molar-refractivity contribution in [3.05, 3.63) is 28.7 Å². The van der Waals surface area contributed by atoms with E-state index in [1.54, 1.807) is 0 Å². The van der Waals surface area contributed by atoms with Crippen LogP contribution in [-0.2, 0) is 4.79 Å². The van der Waals surface area contributed by atoms with Crippen molar-refractivity contribution in [1.82, 2.24) is 10.2 Å². The summed E-state index contributed by atoms with van der Waals surface area (Å²) >= 11 is 5.26. The molecule has 1 N–H and O–H groups in total. The zero-order chi connectivity index (χ0) is 15.1. The number of thioether (sulfide) groups is 1. The second kappa shape index (κ2) is 8.81. The highest BCUT2D eigenvalue weighted by Crippen LogP contribution is 2.22. The molecule has 0 aliphatic carbocycles. The molecule has 1 atom stereocenters. The molecule has 1 aromatic rings. The standard InChI is InChI=1S/C16H23BrN2OS/c1-18-11-13-8-9-19(12-13)16(20)3-2-10-21-15-6-4-14(17)5-7-15/h4-7,13,18H,2-3,8-12H2,1H3. The van der Waals surface area contributed by atoms with Crippen LogP contribution in [-0.4, -0.2) is 43.2 Å². The Morgan fingerprint density at radius 2 is 2.19 bits per heavy atom. The Hall–Kier alpha value is -0.520. The van der Waals surface area contributed by atoms with Crippen molar-refractivity contribution in [3.8, 4) is 0 Å². The van der Waals surface area contributed by atoms with E-state index in [1.165, 1.54) is 4.90 Å². The maximum atomic E-state index is 12.1. The van der Waals surface area contributed by atoms with Gasteiger partial charge in [0, 0.05) is 28.9 Å². The lowest BCUT2D eigenvalue weighted by Gasteiger charge is -2.16. The van der Waals surface area contributed by atoms with Gasteiger partial charge in [0.1, 0.15) is 0 Å². The van der Waals surface area contributed by atoms with Gasteiger partial charge in [0.2, 0.25) is 5.91 Å². The lowest BCUT2D eigenvalue weighted by Crippen LogP contribution is -2.30. The summed E-state index contributed by atoms with van der Waals surface area (Å²) in [6.07, 6.45) is 2.77. The van der Waals surface area contributed by atoms with Gasteiger partial charge in [-0.05, 0) is 62.4 Å². The van der Waals surface area contributed by atoms with Crippen molar-refractivity contribution in [1.29, 1.82) is 0 Å². The van der Waals surface area contributed by atoms with E-state index in [9.17, 15) is 4.79 Å². The molecule has 0 bridgehead atoms. The molecule has 0 spiro atoms. The molecule has 21 heavy (non-hydrogen) atoms. The zero-order valence-corrected chi connectivity index (χ0v) is 14.9. The number of nitrogens with one attached hydrogen (secondary N) is 1. The SMILES string of the molecule is CNCC1CCN(C(=O)CCCSc2ccc(Br)cc2)C1. The van der Waals surface area contributed by atoms with Crippen LogP contribution in [0.1, 0.15) is 19.3 Å². The molecule has 1 saturated heterocycles. The highest BCUT2D eigenvalue weighted by Gasteiger charge is 2.24. The predicted octanol–water partition coefficient (Wildman–Crippen LogP) is 3.39. The fraction of sp³-hybridized carbons (Fsp3) is 0.562. The van der Waals surface area contributed by atoms with Gasteiger partial charge in [-0.3, -0.25) is 4.79 Å². The molecule has 1 aromatic carbocycles.